The molecule has 1 aromatic heterocycles. The molecule has 0 unspecified atom stereocenters. The highest BCUT2D eigenvalue weighted by atomic mass is 16.3. The standard InChI is InChI=1S/C31H45N3O2/c1-22(2)29(35)20-34(23(3)4)21-30(36)33(19-24-12-14-26(15-13-24)31(5,6)7)17-16-25-18-32-28-11-9-8-10-27(25)28/h8-15,18,22-23,29,32,35H,16-17,19-21H2,1-7H3/t29-/m1/s1. The van der Waals surface area contributed by atoms with Crippen molar-refractivity contribution in [1.29, 1.82) is 0 Å². The number of benzene rings is 2. The quantitative estimate of drug-likeness (QED) is 0.358. The zero-order chi connectivity index (χ0) is 26.5. The third-order valence-electron chi connectivity index (χ3n) is 7.13. The summed E-state index contributed by atoms with van der Waals surface area (Å²) in [4.78, 5) is 21.1. The van der Waals surface area contributed by atoms with E-state index in [0.29, 0.717) is 26.2 Å². The van der Waals surface area contributed by atoms with E-state index in [0.717, 1.165) is 17.5 Å². The lowest BCUT2D eigenvalue weighted by Crippen LogP contribution is -2.46. The number of amides is 1. The molecule has 0 fully saturated rings. The number of carbonyl (C=O) groups is 1. The Bertz CT molecular complexity index is 1110. The number of nitrogens with one attached hydrogen (secondary N) is 1. The number of rotatable bonds is 11. The van der Waals surface area contributed by atoms with Crippen LogP contribution in [-0.4, -0.2) is 57.6 Å². The lowest BCUT2D eigenvalue weighted by molar-refractivity contribution is -0.134. The average Bonchev–Trinajstić information content (AvgIpc) is 3.23. The van der Waals surface area contributed by atoms with Crippen molar-refractivity contribution in [2.45, 2.75) is 79.0 Å². The molecule has 0 aliphatic carbocycles. The molecule has 36 heavy (non-hydrogen) atoms. The van der Waals surface area contributed by atoms with Crippen molar-refractivity contribution in [1.82, 2.24) is 14.8 Å². The van der Waals surface area contributed by atoms with Crippen LogP contribution in [-0.2, 0) is 23.2 Å². The number of aliphatic hydroxyl groups is 1. The van der Waals surface area contributed by atoms with Gasteiger partial charge in [0.15, 0.2) is 0 Å². The summed E-state index contributed by atoms with van der Waals surface area (Å²) in [7, 11) is 0. The highest BCUT2D eigenvalue weighted by Gasteiger charge is 2.23. The number of fused-ring (bicyclic) bond motifs is 1. The summed E-state index contributed by atoms with van der Waals surface area (Å²) in [6.45, 7) is 16.8. The Morgan fingerprint density at radius 3 is 2.28 bits per heavy atom. The van der Waals surface area contributed by atoms with E-state index in [-0.39, 0.29) is 23.3 Å². The molecule has 0 spiro atoms. The fourth-order valence-corrected chi connectivity index (χ4v) is 4.40. The summed E-state index contributed by atoms with van der Waals surface area (Å²) in [6.07, 6.45) is 2.39. The summed E-state index contributed by atoms with van der Waals surface area (Å²) in [5, 5.41) is 11.7. The van der Waals surface area contributed by atoms with E-state index >= 15 is 0 Å². The lowest BCUT2D eigenvalue weighted by atomic mass is 9.87. The first kappa shape index (κ1) is 27.9. The first-order valence-electron chi connectivity index (χ1n) is 13.3. The number of nitrogens with zero attached hydrogens (tertiary/aromatic N) is 2. The fourth-order valence-electron chi connectivity index (χ4n) is 4.40. The van der Waals surface area contributed by atoms with E-state index in [4.69, 9.17) is 0 Å². The molecule has 0 radical (unpaired) electrons. The number of aromatic nitrogens is 1. The summed E-state index contributed by atoms with van der Waals surface area (Å²) in [5.41, 5.74) is 4.86. The van der Waals surface area contributed by atoms with Gasteiger partial charge in [0.2, 0.25) is 5.91 Å². The van der Waals surface area contributed by atoms with Crippen LogP contribution in [0.4, 0.5) is 0 Å². The van der Waals surface area contributed by atoms with Crippen LogP contribution in [0.3, 0.4) is 0 Å². The molecule has 1 heterocycles. The topological polar surface area (TPSA) is 59.6 Å². The number of carbonyl (C=O) groups excluding carboxylic acids is 1. The Morgan fingerprint density at radius 2 is 1.67 bits per heavy atom. The van der Waals surface area contributed by atoms with Crippen LogP contribution in [0.1, 0.15) is 65.2 Å². The van der Waals surface area contributed by atoms with Gasteiger partial charge in [-0.25, -0.2) is 0 Å². The molecule has 196 valence electrons. The van der Waals surface area contributed by atoms with Crippen LogP contribution in [0, 0.1) is 5.92 Å². The summed E-state index contributed by atoms with van der Waals surface area (Å²) >= 11 is 0. The molecule has 0 saturated carbocycles. The Kier molecular flexibility index (Phi) is 9.37. The number of hydrogen-bond acceptors (Lipinski definition) is 3. The minimum absolute atomic E-state index is 0.0956. The van der Waals surface area contributed by atoms with Gasteiger partial charge >= 0.3 is 0 Å². The second-order valence-corrected chi connectivity index (χ2v) is 11.7. The van der Waals surface area contributed by atoms with Crippen LogP contribution in [0.15, 0.2) is 54.7 Å². The molecule has 2 N–H and O–H groups in total. The number of hydrogen-bond donors (Lipinski definition) is 2. The van der Waals surface area contributed by atoms with Gasteiger partial charge in [0.25, 0.3) is 0 Å². The van der Waals surface area contributed by atoms with Crippen molar-refractivity contribution < 1.29 is 9.90 Å². The molecular weight excluding hydrogens is 446 g/mol. The van der Waals surface area contributed by atoms with Crippen molar-refractivity contribution in [3.63, 3.8) is 0 Å². The second-order valence-electron chi connectivity index (χ2n) is 11.7. The maximum Gasteiger partial charge on any atom is 0.237 e. The first-order chi connectivity index (χ1) is 17.0. The molecule has 1 atom stereocenters. The van der Waals surface area contributed by atoms with Gasteiger partial charge in [0, 0.05) is 42.8 Å². The van der Waals surface area contributed by atoms with Gasteiger partial charge in [-0.1, -0.05) is 77.1 Å². The summed E-state index contributed by atoms with van der Waals surface area (Å²) in [6, 6.07) is 17.1. The lowest BCUT2D eigenvalue weighted by Gasteiger charge is -2.32. The molecule has 5 nitrogen and oxygen atoms in total. The minimum atomic E-state index is -0.454. The predicted octanol–water partition coefficient (Wildman–Crippen LogP) is 5.76. The van der Waals surface area contributed by atoms with E-state index < -0.39 is 6.10 Å². The monoisotopic (exact) mass is 491 g/mol. The maximum absolute atomic E-state index is 13.7. The molecule has 3 aromatic rings. The Hall–Kier alpha value is -2.63. The van der Waals surface area contributed by atoms with Gasteiger partial charge in [-0.05, 0) is 54.4 Å². The molecule has 1 amide bonds. The van der Waals surface area contributed by atoms with Crippen molar-refractivity contribution >= 4 is 16.8 Å². The number of H-pyrrole nitrogens is 1. The summed E-state index contributed by atoms with van der Waals surface area (Å²) < 4.78 is 0. The Balaban J connectivity index is 1.79. The van der Waals surface area contributed by atoms with Crippen molar-refractivity contribution in [3.05, 3.63) is 71.4 Å². The van der Waals surface area contributed by atoms with Crippen molar-refractivity contribution in [2.75, 3.05) is 19.6 Å². The van der Waals surface area contributed by atoms with Gasteiger partial charge in [0.05, 0.1) is 12.6 Å². The molecular formula is C31H45N3O2. The van der Waals surface area contributed by atoms with Crippen molar-refractivity contribution in [3.8, 4) is 0 Å². The molecule has 0 saturated heterocycles. The van der Waals surface area contributed by atoms with Gasteiger partial charge in [-0.2, -0.15) is 0 Å². The van der Waals surface area contributed by atoms with Crippen LogP contribution in [0.25, 0.3) is 10.9 Å². The normalized spacial score (nSPS) is 13.2. The van der Waals surface area contributed by atoms with Crippen molar-refractivity contribution in [2.24, 2.45) is 5.92 Å². The second kappa shape index (κ2) is 12.1. The van der Waals surface area contributed by atoms with Crippen LogP contribution in [0.2, 0.25) is 0 Å². The van der Waals surface area contributed by atoms with Gasteiger partial charge in [-0.15, -0.1) is 0 Å². The Morgan fingerprint density at radius 1 is 1.00 bits per heavy atom. The zero-order valence-corrected chi connectivity index (χ0v) is 23.2. The average molecular weight is 492 g/mol. The summed E-state index contributed by atoms with van der Waals surface area (Å²) in [5.74, 6) is 0.250. The van der Waals surface area contributed by atoms with Gasteiger partial charge < -0.3 is 15.0 Å². The van der Waals surface area contributed by atoms with E-state index in [2.05, 4.69) is 93.2 Å². The molecule has 0 aliphatic heterocycles. The zero-order valence-electron chi connectivity index (χ0n) is 23.2. The molecule has 0 bridgehead atoms. The Labute approximate surface area is 217 Å². The molecule has 3 rings (SSSR count). The molecule has 5 heteroatoms. The van der Waals surface area contributed by atoms with Gasteiger partial charge in [-0.3, -0.25) is 9.69 Å². The number of para-hydroxylation sites is 1. The predicted molar refractivity (Wildman–Crippen MR) is 150 cm³/mol. The third kappa shape index (κ3) is 7.44. The van der Waals surface area contributed by atoms with E-state index in [1.54, 1.807) is 0 Å². The highest BCUT2D eigenvalue weighted by molar-refractivity contribution is 5.83. The van der Waals surface area contributed by atoms with Crippen LogP contribution >= 0.6 is 0 Å². The van der Waals surface area contributed by atoms with Crippen LogP contribution in [0.5, 0.6) is 0 Å². The minimum Gasteiger partial charge on any atom is -0.392 e. The SMILES string of the molecule is CC(C)[C@H](O)CN(CC(=O)N(CCc1c[nH]c2ccccc12)Cc1ccc(C(C)(C)C)cc1)C(C)C. The maximum atomic E-state index is 13.7. The largest absolute Gasteiger partial charge is 0.392 e. The smallest absolute Gasteiger partial charge is 0.237 e. The highest BCUT2D eigenvalue weighted by Crippen LogP contribution is 2.23. The van der Waals surface area contributed by atoms with E-state index in [1.807, 2.05) is 24.8 Å². The molecule has 2 aromatic carbocycles. The fraction of sp³-hybridized carbons (Fsp3) is 0.516. The first-order valence-corrected chi connectivity index (χ1v) is 13.3. The van der Waals surface area contributed by atoms with E-state index in [1.165, 1.54) is 16.5 Å². The third-order valence-corrected chi connectivity index (χ3v) is 7.13. The van der Waals surface area contributed by atoms with E-state index in [9.17, 15) is 9.90 Å². The number of aromatic amines is 1. The van der Waals surface area contributed by atoms with Gasteiger partial charge in [0.1, 0.15) is 0 Å². The number of aliphatic hydroxyl groups excluding tert-OH is 1. The van der Waals surface area contributed by atoms with Crippen LogP contribution < -0.4 is 0 Å². The molecule has 0 aliphatic rings.